The maximum atomic E-state index is 11.4. The lowest BCUT2D eigenvalue weighted by molar-refractivity contribution is 0.200. The number of hydrogen-bond acceptors (Lipinski definition) is 3. The van der Waals surface area contributed by atoms with Gasteiger partial charge in [-0.15, -0.1) is 0 Å². The van der Waals surface area contributed by atoms with E-state index in [2.05, 4.69) is 15.5 Å². The van der Waals surface area contributed by atoms with Crippen molar-refractivity contribution in [2.75, 3.05) is 32.8 Å². The number of rotatable bonds is 6. The number of nitrogens with one attached hydrogen (secondary N) is 2. The largest absolute Gasteiger partial charge is 0.395 e. The number of nitrogens with zero attached hydrogens (tertiary/aromatic N) is 1. The Kier molecular flexibility index (Phi) is 7.08. The highest BCUT2D eigenvalue weighted by atomic mass is 16.3. The Labute approximate surface area is 98.2 Å². The summed E-state index contributed by atoms with van der Waals surface area (Å²) in [4.78, 5) is 13.5. The normalized spacial score (nSPS) is 11.6. The van der Waals surface area contributed by atoms with Gasteiger partial charge in [0.15, 0.2) is 0 Å². The standard InChI is InChI=1S/C11H25N3O2/c1-5-14(8-9-15)7-6-12-10(16)13-11(2,3)4/h15H,5-9H2,1-4H3,(H2,12,13,16). The van der Waals surface area contributed by atoms with Gasteiger partial charge >= 0.3 is 6.03 Å². The lowest BCUT2D eigenvalue weighted by Gasteiger charge is -2.22. The third kappa shape index (κ3) is 8.49. The van der Waals surface area contributed by atoms with Gasteiger partial charge < -0.3 is 15.7 Å². The quantitative estimate of drug-likeness (QED) is 0.620. The van der Waals surface area contributed by atoms with E-state index in [0.717, 1.165) is 13.1 Å². The molecule has 0 heterocycles. The van der Waals surface area contributed by atoms with Gasteiger partial charge in [-0.3, -0.25) is 4.90 Å². The van der Waals surface area contributed by atoms with Gasteiger partial charge in [0.25, 0.3) is 0 Å². The Morgan fingerprint density at radius 3 is 2.38 bits per heavy atom. The van der Waals surface area contributed by atoms with E-state index in [9.17, 15) is 4.79 Å². The molecule has 0 atom stereocenters. The van der Waals surface area contributed by atoms with Crippen molar-refractivity contribution in [1.82, 2.24) is 15.5 Å². The molecular weight excluding hydrogens is 206 g/mol. The molecule has 0 saturated carbocycles. The first-order valence-corrected chi connectivity index (χ1v) is 5.78. The molecule has 2 amide bonds. The summed E-state index contributed by atoms with van der Waals surface area (Å²) in [5, 5.41) is 14.4. The number of hydrogen-bond donors (Lipinski definition) is 3. The maximum Gasteiger partial charge on any atom is 0.315 e. The topological polar surface area (TPSA) is 64.6 Å². The Bertz CT molecular complexity index is 202. The fourth-order valence-electron chi connectivity index (χ4n) is 1.28. The van der Waals surface area contributed by atoms with Crippen LogP contribution in [0, 0.1) is 0 Å². The van der Waals surface area contributed by atoms with Crippen LogP contribution in [-0.4, -0.2) is 54.4 Å². The minimum atomic E-state index is -0.209. The van der Waals surface area contributed by atoms with E-state index in [-0.39, 0.29) is 18.2 Å². The Balaban J connectivity index is 3.68. The minimum Gasteiger partial charge on any atom is -0.395 e. The van der Waals surface area contributed by atoms with Crippen LogP contribution in [0.15, 0.2) is 0 Å². The van der Waals surface area contributed by atoms with Crippen molar-refractivity contribution in [3.63, 3.8) is 0 Å². The van der Waals surface area contributed by atoms with E-state index in [1.54, 1.807) is 0 Å². The summed E-state index contributed by atoms with van der Waals surface area (Å²) < 4.78 is 0. The summed E-state index contributed by atoms with van der Waals surface area (Å²) in [5.74, 6) is 0. The third-order valence-electron chi connectivity index (χ3n) is 2.07. The summed E-state index contributed by atoms with van der Waals surface area (Å²) in [6.07, 6.45) is 0. The fourth-order valence-corrected chi connectivity index (χ4v) is 1.28. The predicted molar refractivity (Wildman–Crippen MR) is 65.5 cm³/mol. The molecule has 0 unspecified atom stereocenters. The summed E-state index contributed by atoms with van der Waals surface area (Å²) in [6.45, 7) is 10.9. The number of carbonyl (C=O) groups excluding carboxylic acids is 1. The van der Waals surface area contributed by atoms with Crippen molar-refractivity contribution in [1.29, 1.82) is 0 Å². The van der Waals surface area contributed by atoms with Crippen LogP contribution in [0.4, 0.5) is 4.79 Å². The molecule has 0 aliphatic heterocycles. The zero-order valence-electron chi connectivity index (χ0n) is 10.8. The summed E-state index contributed by atoms with van der Waals surface area (Å²) >= 11 is 0. The molecule has 0 aromatic rings. The highest BCUT2D eigenvalue weighted by molar-refractivity contribution is 5.74. The minimum absolute atomic E-state index is 0.146. The average Bonchev–Trinajstić information content (AvgIpc) is 2.13. The third-order valence-corrected chi connectivity index (χ3v) is 2.07. The van der Waals surface area contributed by atoms with Gasteiger partial charge in [-0.05, 0) is 27.3 Å². The molecule has 0 spiro atoms. The molecule has 0 rings (SSSR count). The molecule has 0 aromatic carbocycles. The first-order valence-electron chi connectivity index (χ1n) is 5.78. The number of aliphatic hydroxyl groups excluding tert-OH is 1. The van der Waals surface area contributed by atoms with Crippen molar-refractivity contribution < 1.29 is 9.90 Å². The molecule has 3 N–H and O–H groups in total. The van der Waals surface area contributed by atoms with Crippen LogP contribution in [0.2, 0.25) is 0 Å². The molecule has 0 aliphatic carbocycles. The molecule has 5 heteroatoms. The monoisotopic (exact) mass is 231 g/mol. The predicted octanol–water partition coefficient (Wildman–Crippen LogP) is 0.398. The van der Waals surface area contributed by atoms with Crippen molar-refractivity contribution in [3.8, 4) is 0 Å². The van der Waals surface area contributed by atoms with Crippen LogP contribution in [0.1, 0.15) is 27.7 Å². The molecule has 0 aromatic heterocycles. The second-order valence-electron chi connectivity index (χ2n) is 4.79. The SMILES string of the molecule is CCN(CCO)CCNC(=O)NC(C)(C)C. The van der Waals surface area contributed by atoms with E-state index in [4.69, 9.17) is 5.11 Å². The molecule has 96 valence electrons. The highest BCUT2D eigenvalue weighted by Gasteiger charge is 2.12. The van der Waals surface area contributed by atoms with Crippen molar-refractivity contribution in [3.05, 3.63) is 0 Å². The molecule has 0 radical (unpaired) electrons. The number of likely N-dealkylation sites (N-methyl/N-ethyl adjacent to an activating group) is 1. The van der Waals surface area contributed by atoms with Gasteiger partial charge in [-0.2, -0.15) is 0 Å². The molecule has 0 saturated heterocycles. The highest BCUT2D eigenvalue weighted by Crippen LogP contribution is 1.97. The molecular formula is C11H25N3O2. The maximum absolute atomic E-state index is 11.4. The lowest BCUT2D eigenvalue weighted by Crippen LogP contribution is -2.48. The lowest BCUT2D eigenvalue weighted by atomic mass is 10.1. The van der Waals surface area contributed by atoms with Gasteiger partial charge in [-0.25, -0.2) is 4.79 Å². The fraction of sp³-hybridized carbons (Fsp3) is 0.909. The molecule has 5 nitrogen and oxygen atoms in total. The van der Waals surface area contributed by atoms with Gasteiger partial charge in [-0.1, -0.05) is 6.92 Å². The van der Waals surface area contributed by atoms with Crippen LogP contribution >= 0.6 is 0 Å². The van der Waals surface area contributed by atoms with E-state index in [1.807, 2.05) is 27.7 Å². The molecule has 16 heavy (non-hydrogen) atoms. The van der Waals surface area contributed by atoms with Gasteiger partial charge in [0.2, 0.25) is 0 Å². The number of amides is 2. The first kappa shape index (κ1) is 15.2. The van der Waals surface area contributed by atoms with Crippen molar-refractivity contribution >= 4 is 6.03 Å². The summed E-state index contributed by atoms with van der Waals surface area (Å²) in [7, 11) is 0. The van der Waals surface area contributed by atoms with Crippen molar-refractivity contribution in [2.45, 2.75) is 33.2 Å². The second kappa shape index (κ2) is 7.46. The molecule has 0 fully saturated rings. The van der Waals surface area contributed by atoms with Crippen LogP contribution < -0.4 is 10.6 Å². The van der Waals surface area contributed by atoms with E-state index < -0.39 is 0 Å². The Hall–Kier alpha value is -0.810. The second-order valence-corrected chi connectivity index (χ2v) is 4.79. The van der Waals surface area contributed by atoms with Gasteiger partial charge in [0.1, 0.15) is 0 Å². The number of carbonyl (C=O) groups is 1. The smallest absolute Gasteiger partial charge is 0.315 e. The van der Waals surface area contributed by atoms with E-state index in [0.29, 0.717) is 13.1 Å². The van der Waals surface area contributed by atoms with E-state index >= 15 is 0 Å². The number of aliphatic hydroxyl groups is 1. The Morgan fingerprint density at radius 2 is 1.94 bits per heavy atom. The van der Waals surface area contributed by atoms with Crippen LogP contribution in [0.25, 0.3) is 0 Å². The average molecular weight is 231 g/mol. The van der Waals surface area contributed by atoms with Gasteiger partial charge in [0, 0.05) is 25.2 Å². The van der Waals surface area contributed by atoms with Crippen LogP contribution in [0.5, 0.6) is 0 Å². The zero-order chi connectivity index (χ0) is 12.6. The number of urea groups is 1. The van der Waals surface area contributed by atoms with Gasteiger partial charge in [0.05, 0.1) is 6.61 Å². The molecule has 0 aliphatic rings. The van der Waals surface area contributed by atoms with E-state index in [1.165, 1.54) is 0 Å². The summed E-state index contributed by atoms with van der Waals surface area (Å²) in [5.41, 5.74) is -0.209. The summed E-state index contributed by atoms with van der Waals surface area (Å²) in [6, 6.07) is -0.146. The van der Waals surface area contributed by atoms with Crippen molar-refractivity contribution in [2.24, 2.45) is 0 Å². The Morgan fingerprint density at radius 1 is 1.31 bits per heavy atom. The molecule has 0 bridgehead atoms. The first-order chi connectivity index (χ1) is 7.39. The zero-order valence-corrected chi connectivity index (χ0v) is 10.8. The van der Waals surface area contributed by atoms with Crippen LogP contribution in [-0.2, 0) is 0 Å². The van der Waals surface area contributed by atoms with Crippen LogP contribution in [0.3, 0.4) is 0 Å².